The Kier molecular flexibility index (Phi) is 6.49. The first-order chi connectivity index (χ1) is 13.2. The number of carbonyl (C=O) groups excluding carboxylic acids is 1. The first kappa shape index (κ1) is 19.0. The number of hydrogen-bond acceptors (Lipinski definition) is 4. The van der Waals surface area contributed by atoms with Crippen LogP contribution in [0.25, 0.3) is 11.3 Å². The maximum atomic E-state index is 13.0. The molecule has 3 rings (SSSR count). The summed E-state index contributed by atoms with van der Waals surface area (Å²) in [6.45, 7) is 0.540. The van der Waals surface area contributed by atoms with Crippen molar-refractivity contribution < 1.29 is 13.9 Å². The van der Waals surface area contributed by atoms with E-state index in [-0.39, 0.29) is 17.5 Å². The molecule has 140 valence electrons. The van der Waals surface area contributed by atoms with E-state index in [9.17, 15) is 9.18 Å². The summed E-state index contributed by atoms with van der Waals surface area (Å²) in [5.74, 6) is 0.750. The third kappa shape index (κ3) is 5.34. The quantitative estimate of drug-likeness (QED) is 0.581. The molecule has 2 aromatic carbocycles. The van der Waals surface area contributed by atoms with Gasteiger partial charge in [0.25, 0.3) is 0 Å². The number of aromatic amines is 1. The van der Waals surface area contributed by atoms with E-state index in [1.807, 2.05) is 24.3 Å². The topological polar surface area (TPSA) is 67.0 Å². The molecule has 2 N–H and O–H groups in total. The molecular weight excluding hydrogens is 365 g/mol. The Morgan fingerprint density at radius 2 is 2.00 bits per heavy atom. The lowest BCUT2D eigenvalue weighted by Gasteiger charge is -2.08. The highest BCUT2D eigenvalue weighted by Gasteiger charge is 2.08. The Labute approximate surface area is 161 Å². The molecule has 1 aromatic heterocycles. The summed E-state index contributed by atoms with van der Waals surface area (Å²) in [6.07, 6.45) is 2.38. The van der Waals surface area contributed by atoms with E-state index < -0.39 is 0 Å². The second-order valence-corrected chi connectivity index (χ2v) is 6.77. The number of imidazole rings is 1. The second-order valence-electron chi connectivity index (χ2n) is 5.81. The molecule has 7 heteroatoms. The van der Waals surface area contributed by atoms with Crippen molar-refractivity contribution in [2.24, 2.45) is 0 Å². The molecule has 1 heterocycles. The number of carbonyl (C=O) groups is 1. The number of nitrogens with one attached hydrogen (secondary N) is 2. The molecular formula is C20H20FN3O2S. The number of thioether (sulfide) groups is 1. The van der Waals surface area contributed by atoms with E-state index in [0.717, 1.165) is 22.6 Å². The Morgan fingerprint density at radius 3 is 2.78 bits per heavy atom. The van der Waals surface area contributed by atoms with Gasteiger partial charge in [0, 0.05) is 6.54 Å². The predicted octanol–water partition coefficient (Wildman–Crippen LogP) is 3.68. The highest BCUT2D eigenvalue weighted by atomic mass is 32.2. The first-order valence-electron chi connectivity index (χ1n) is 8.48. The molecule has 0 fully saturated rings. The van der Waals surface area contributed by atoms with E-state index in [0.29, 0.717) is 18.1 Å². The lowest BCUT2D eigenvalue weighted by atomic mass is 10.1. The molecule has 5 nitrogen and oxygen atoms in total. The fraction of sp³-hybridized carbons (Fsp3) is 0.200. The lowest BCUT2D eigenvalue weighted by molar-refractivity contribution is -0.118. The molecule has 3 aromatic rings. The number of benzene rings is 2. The Balaban J connectivity index is 1.45. The molecule has 0 saturated heterocycles. The molecule has 0 radical (unpaired) electrons. The highest BCUT2D eigenvalue weighted by molar-refractivity contribution is 7.99. The summed E-state index contributed by atoms with van der Waals surface area (Å²) in [5, 5.41) is 3.55. The Morgan fingerprint density at radius 1 is 1.22 bits per heavy atom. The zero-order valence-electron chi connectivity index (χ0n) is 14.9. The van der Waals surface area contributed by atoms with Crippen LogP contribution in [0, 0.1) is 5.82 Å². The minimum Gasteiger partial charge on any atom is -0.496 e. The number of methoxy groups -OCH3 is 1. The number of hydrogen-bond donors (Lipinski definition) is 2. The molecule has 0 aliphatic heterocycles. The Hall–Kier alpha value is -2.80. The van der Waals surface area contributed by atoms with E-state index in [1.165, 1.54) is 23.9 Å². The van der Waals surface area contributed by atoms with Crippen LogP contribution >= 0.6 is 11.8 Å². The summed E-state index contributed by atoms with van der Waals surface area (Å²) in [5.41, 5.74) is 2.69. The van der Waals surface area contributed by atoms with Crippen molar-refractivity contribution >= 4 is 17.7 Å². The molecule has 0 aliphatic rings. The van der Waals surface area contributed by atoms with Crippen LogP contribution in [-0.4, -0.2) is 35.3 Å². The van der Waals surface area contributed by atoms with Crippen LogP contribution in [-0.2, 0) is 11.2 Å². The SMILES string of the molecule is COc1ccccc1CCNC(=O)CSc1ncc(-c2ccc(F)cc2)[nH]1. The maximum absolute atomic E-state index is 13.0. The van der Waals surface area contributed by atoms with Crippen molar-refractivity contribution in [3.05, 3.63) is 66.1 Å². The first-order valence-corrected chi connectivity index (χ1v) is 9.46. The molecule has 0 saturated carbocycles. The van der Waals surface area contributed by atoms with Crippen LogP contribution in [0.3, 0.4) is 0 Å². The number of aromatic nitrogens is 2. The summed E-state index contributed by atoms with van der Waals surface area (Å²) < 4.78 is 18.3. The minimum absolute atomic E-state index is 0.0605. The van der Waals surface area contributed by atoms with Crippen molar-refractivity contribution in [2.45, 2.75) is 11.6 Å². The third-order valence-electron chi connectivity index (χ3n) is 3.96. The van der Waals surface area contributed by atoms with Gasteiger partial charge >= 0.3 is 0 Å². The average Bonchev–Trinajstić information content (AvgIpc) is 3.16. The monoisotopic (exact) mass is 385 g/mol. The van der Waals surface area contributed by atoms with Gasteiger partial charge < -0.3 is 15.0 Å². The molecule has 0 spiro atoms. The van der Waals surface area contributed by atoms with Crippen molar-refractivity contribution in [3.63, 3.8) is 0 Å². The molecule has 1 amide bonds. The zero-order valence-corrected chi connectivity index (χ0v) is 15.7. The van der Waals surface area contributed by atoms with Gasteiger partial charge in [-0.25, -0.2) is 9.37 Å². The lowest BCUT2D eigenvalue weighted by Crippen LogP contribution is -2.27. The maximum Gasteiger partial charge on any atom is 0.230 e. The normalized spacial score (nSPS) is 10.6. The minimum atomic E-state index is -0.280. The van der Waals surface area contributed by atoms with Crippen LogP contribution in [0.15, 0.2) is 59.9 Å². The van der Waals surface area contributed by atoms with Gasteiger partial charge in [0.1, 0.15) is 11.6 Å². The van der Waals surface area contributed by atoms with Gasteiger partial charge in [-0.3, -0.25) is 4.79 Å². The largest absolute Gasteiger partial charge is 0.496 e. The molecule has 0 bridgehead atoms. The number of amides is 1. The van der Waals surface area contributed by atoms with E-state index in [1.54, 1.807) is 25.4 Å². The number of ether oxygens (including phenoxy) is 1. The number of para-hydroxylation sites is 1. The summed E-state index contributed by atoms with van der Waals surface area (Å²) in [4.78, 5) is 19.4. The average molecular weight is 385 g/mol. The zero-order chi connectivity index (χ0) is 19.1. The number of nitrogens with zero attached hydrogens (tertiary/aromatic N) is 1. The molecule has 0 aliphatic carbocycles. The number of H-pyrrole nitrogens is 1. The number of rotatable bonds is 8. The van der Waals surface area contributed by atoms with Crippen LogP contribution in [0.5, 0.6) is 5.75 Å². The van der Waals surface area contributed by atoms with Gasteiger partial charge in [-0.05, 0) is 47.9 Å². The molecule has 0 unspecified atom stereocenters. The van der Waals surface area contributed by atoms with Gasteiger partial charge in [0.15, 0.2) is 5.16 Å². The van der Waals surface area contributed by atoms with Gasteiger partial charge in [0.05, 0.1) is 24.8 Å². The van der Waals surface area contributed by atoms with Gasteiger partial charge in [-0.2, -0.15) is 0 Å². The van der Waals surface area contributed by atoms with E-state index in [4.69, 9.17) is 4.74 Å². The highest BCUT2D eigenvalue weighted by Crippen LogP contribution is 2.21. The fourth-order valence-corrected chi connectivity index (χ4v) is 3.26. The fourth-order valence-electron chi connectivity index (χ4n) is 2.58. The third-order valence-corrected chi connectivity index (χ3v) is 4.84. The second kappa shape index (κ2) is 9.23. The van der Waals surface area contributed by atoms with Crippen molar-refractivity contribution in [1.29, 1.82) is 0 Å². The molecule has 0 atom stereocenters. The van der Waals surface area contributed by atoms with Crippen molar-refractivity contribution in [2.75, 3.05) is 19.4 Å². The molecule has 27 heavy (non-hydrogen) atoms. The van der Waals surface area contributed by atoms with Crippen LogP contribution in [0.1, 0.15) is 5.56 Å². The van der Waals surface area contributed by atoms with E-state index >= 15 is 0 Å². The van der Waals surface area contributed by atoms with Gasteiger partial charge in [-0.1, -0.05) is 30.0 Å². The van der Waals surface area contributed by atoms with Gasteiger partial charge in [-0.15, -0.1) is 0 Å². The summed E-state index contributed by atoms with van der Waals surface area (Å²) in [6, 6.07) is 13.9. The summed E-state index contributed by atoms with van der Waals surface area (Å²) in [7, 11) is 1.64. The van der Waals surface area contributed by atoms with E-state index in [2.05, 4.69) is 15.3 Å². The van der Waals surface area contributed by atoms with Gasteiger partial charge in [0.2, 0.25) is 5.91 Å². The number of halogens is 1. The van der Waals surface area contributed by atoms with Crippen LogP contribution in [0.4, 0.5) is 4.39 Å². The predicted molar refractivity (Wildman–Crippen MR) is 104 cm³/mol. The smallest absolute Gasteiger partial charge is 0.230 e. The summed E-state index contributed by atoms with van der Waals surface area (Å²) >= 11 is 1.32. The van der Waals surface area contributed by atoms with Crippen LogP contribution < -0.4 is 10.1 Å². The van der Waals surface area contributed by atoms with Crippen molar-refractivity contribution in [3.8, 4) is 17.0 Å². The standard InChI is InChI=1S/C20H20FN3O2S/c1-26-18-5-3-2-4-15(18)10-11-22-19(25)13-27-20-23-12-17(24-20)14-6-8-16(21)9-7-14/h2-9,12H,10-11,13H2,1H3,(H,22,25)(H,23,24). The van der Waals surface area contributed by atoms with Crippen molar-refractivity contribution in [1.82, 2.24) is 15.3 Å². The van der Waals surface area contributed by atoms with Crippen LogP contribution in [0.2, 0.25) is 0 Å². The Bertz CT molecular complexity index is 896.